The Hall–Kier alpha value is -1.65. The molecule has 0 N–H and O–H groups in total. The number of carbonyl (C=O) groups excluding carboxylic acids is 1. The molecular formula is C14H19FN2O2. The summed E-state index contributed by atoms with van der Waals surface area (Å²) in [6.45, 7) is 6.15. The van der Waals surface area contributed by atoms with Gasteiger partial charge in [0, 0.05) is 12.7 Å². The third-order valence-electron chi connectivity index (χ3n) is 3.02. The molecule has 1 aliphatic rings. The summed E-state index contributed by atoms with van der Waals surface area (Å²) in [7, 11) is 0. The van der Waals surface area contributed by atoms with E-state index in [9.17, 15) is 9.18 Å². The van der Waals surface area contributed by atoms with Gasteiger partial charge in [-0.25, -0.2) is 9.78 Å². The van der Waals surface area contributed by atoms with Crippen molar-refractivity contribution in [3.05, 3.63) is 29.8 Å². The van der Waals surface area contributed by atoms with Gasteiger partial charge in [-0.1, -0.05) is 0 Å². The van der Waals surface area contributed by atoms with Crippen LogP contribution < -0.4 is 0 Å². The van der Waals surface area contributed by atoms with Crippen LogP contribution >= 0.6 is 0 Å². The minimum atomic E-state index is -0.520. The Kier molecular flexibility index (Phi) is 3.73. The lowest BCUT2D eigenvalue weighted by Crippen LogP contribution is -2.36. The van der Waals surface area contributed by atoms with Gasteiger partial charge in [0.15, 0.2) is 0 Å². The highest BCUT2D eigenvalue weighted by molar-refractivity contribution is 5.69. The molecule has 5 heteroatoms. The minimum absolute atomic E-state index is 0.118. The van der Waals surface area contributed by atoms with Gasteiger partial charge >= 0.3 is 6.09 Å². The van der Waals surface area contributed by atoms with E-state index in [1.165, 1.54) is 12.3 Å². The molecule has 1 atom stereocenters. The van der Waals surface area contributed by atoms with Gasteiger partial charge in [0.05, 0.1) is 6.04 Å². The monoisotopic (exact) mass is 266 g/mol. The number of hydrogen-bond acceptors (Lipinski definition) is 3. The van der Waals surface area contributed by atoms with Gasteiger partial charge in [0.2, 0.25) is 5.95 Å². The first-order chi connectivity index (χ1) is 8.87. The fraction of sp³-hybridized carbons (Fsp3) is 0.571. The number of halogens is 1. The molecule has 19 heavy (non-hydrogen) atoms. The second kappa shape index (κ2) is 5.15. The van der Waals surface area contributed by atoms with Crippen molar-refractivity contribution in [3.63, 3.8) is 0 Å². The lowest BCUT2D eigenvalue weighted by Gasteiger charge is -2.28. The second-order valence-corrected chi connectivity index (χ2v) is 5.74. The summed E-state index contributed by atoms with van der Waals surface area (Å²) in [4.78, 5) is 17.3. The first-order valence-corrected chi connectivity index (χ1v) is 6.48. The molecule has 1 aromatic rings. The highest BCUT2D eigenvalue weighted by Crippen LogP contribution is 2.33. The Morgan fingerprint density at radius 1 is 1.53 bits per heavy atom. The zero-order valence-electron chi connectivity index (χ0n) is 11.5. The fourth-order valence-electron chi connectivity index (χ4n) is 2.28. The zero-order valence-corrected chi connectivity index (χ0v) is 11.5. The summed E-state index contributed by atoms with van der Waals surface area (Å²) in [5.74, 6) is -0.520. The zero-order chi connectivity index (χ0) is 14.0. The SMILES string of the molecule is CC(C)(C)OC(=O)N1CCCC1c1ccnc(F)c1. The summed E-state index contributed by atoms with van der Waals surface area (Å²) in [5.41, 5.74) is 0.254. The summed E-state index contributed by atoms with van der Waals surface area (Å²) in [6, 6.07) is 3.01. The van der Waals surface area contributed by atoms with Gasteiger partial charge in [-0.2, -0.15) is 4.39 Å². The molecule has 1 unspecified atom stereocenters. The Bertz CT molecular complexity index is 471. The molecule has 4 nitrogen and oxygen atoms in total. The Morgan fingerprint density at radius 2 is 2.26 bits per heavy atom. The van der Waals surface area contributed by atoms with Crippen LogP contribution in [0.25, 0.3) is 0 Å². The number of rotatable bonds is 1. The lowest BCUT2D eigenvalue weighted by atomic mass is 10.1. The second-order valence-electron chi connectivity index (χ2n) is 5.74. The van der Waals surface area contributed by atoms with Crippen molar-refractivity contribution in [1.29, 1.82) is 0 Å². The van der Waals surface area contributed by atoms with Gasteiger partial charge < -0.3 is 9.64 Å². The van der Waals surface area contributed by atoms with Crippen molar-refractivity contribution in [2.24, 2.45) is 0 Å². The van der Waals surface area contributed by atoms with Gasteiger partial charge in [-0.15, -0.1) is 0 Å². The number of aromatic nitrogens is 1. The molecule has 1 fully saturated rings. The van der Waals surface area contributed by atoms with Crippen LogP contribution in [0.15, 0.2) is 18.3 Å². The van der Waals surface area contributed by atoms with Crippen molar-refractivity contribution < 1.29 is 13.9 Å². The Labute approximate surface area is 112 Å². The third kappa shape index (κ3) is 3.43. The summed E-state index contributed by atoms with van der Waals surface area (Å²) in [5, 5.41) is 0. The van der Waals surface area contributed by atoms with E-state index in [0.29, 0.717) is 6.54 Å². The van der Waals surface area contributed by atoms with Crippen LogP contribution in [0.4, 0.5) is 9.18 Å². The molecule has 2 heterocycles. The fourth-order valence-corrected chi connectivity index (χ4v) is 2.28. The van der Waals surface area contributed by atoms with Crippen LogP contribution in [0.3, 0.4) is 0 Å². The number of nitrogens with zero attached hydrogens (tertiary/aromatic N) is 2. The molecular weight excluding hydrogens is 247 g/mol. The van der Waals surface area contributed by atoms with Crippen LogP contribution in [0.1, 0.15) is 45.2 Å². The molecule has 0 radical (unpaired) electrons. The number of ether oxygens (including phenoxy) is 1. The first-order valence-electron chi connectivity index (χ1n) is 6.48. The quantitative estimate of drug-likeness (QED) is 0.732. The number of likely N-dealkylation sites (tertiary alicyclic amines) is 1. The van der Waals surface area contributed by atoms with Gasteiger partial charge in [-0.3, -0.25) is 0 Å². The largest absolute Gasteiger partial charge is 0.444 e. The molecule has 2 rings (SSSR count). The smallest absolute Gasteiger partial charge is 0.410 e. The van der Waals surface area contributed by atoms with Gasteiger partial charge in [-0.05, 0) is 51.3 Å². The Balaban J connectivity index is 2.15. The molecule has 1 amide bonds. The van der Waals surface area contributed by atoms with Crippen molar-refractivity contribution in [2.45, 2.75) is 45.3 Å². The van der Waals surface area contributed by atoms with E-state index in [-0.39, 0.29) is 12.1 Å². The molecule has 1 saturated heterocycles. The summed E-state index contributed by atoms with van der Waals surface area (Å²) >= 11 is 0. The third-order valence-corrected chi connectivity index (χ3v) is 3.02. The molecule has 0 saturated carbocycles. The number of hydrogen-bond donors (Lipinski definition) is 0. The predicted octanol–water partition coefficient (Wildman–Crippen LogP) is 3.29. The van der Waals surface area contributed by atoms with E-state index >= 15 is 0 Å². The van der Waals surface area contributed by atoms with E-state index in [1.54, 1.807) is 11.0 Å². The van der Waals surface area contributed by atoms with Crippen LogP contribution in [0.5, 0.6) is 0 Å². The average molecular weight is 266 g/mol. The number of pyridine rings is 1. The molecule has 0 spiro atoms. The van der Waals surface area contributed by atoms with Crippen molar-refractivity contribution >= 4 is 6.09 Å². The molecule has 104 valence electrons. The molecule has 0 aromatic carbocycles. The van der Waals surface area contributed by atoms with Gasteiger partial charge in [0.25, 0.3) is 0 Å². The molecule has 0 bridgehead atoms. The van der Waals surface area contributed by atoms with E-state index in [4.69, 9.17) is 4.74 Å². The van der Waals surface area contributed by atoms with Crippen LogP contribution in [0, 0.1) is 5.95 Å². The number of amides is 1. The van der Waals surface area contributed by atoms with Crippen LogP contribution in [-0.4, -0.2) is 28.1 Å². The predicted molar refractivity (Wildman–Crippen MR) is 69.1 cm³/mol. The number of carbonyl (C=O) groups is 1. The molecule has 1 aromatic heterocycles. The standard InChI is InChI=1S/C14H19FN2O2/c1-14(2,3)19-13(18)17-8-4-5-11(17)10-6-7-16-12(15)9-10/h6-7,9,11H,4-5,8H2,1-3H3. The van der Waals surface area contributed by atoms with E-state index in [2.05, 4.69) is 4.98 Å². The first kappa shape index (κ1) is 13.8. The molecule has 0 aliphatic carbocycles. The van der Waals surface area contributed by atoms with Crippen molar-refractivity contribution in [2.75, 3.05) is 6.54 Å². The highest BCUT2D eigenvalue weighted by atomic mass is 19.1. The maximum Gasteiger partial charge on any atom is 0.410 e. The van der Waals surface area contributed by atoms with E-state index < -0.39 is 11.5 Å². The molecule has 1 aliphatic heterocycles. The maximum absolute atomic E-state index is 13.2. The van der Waals surface area contributed by atoms with E-state index in [1.807, 2.05) is 20.8 Å². The lowest BCUT2D eigenvalue weighted by molar-refractivity contribution is 0.0224. The van der Waals surface area contributed by atoms with Crippen molar-refractivity contribution in [3.8, 4) is 0 Å². The average Bonchev–Trinajstić information content (AvgIpc) is 2.75. The summed E-state index contributed by atoms with van der Waals surface area (Å²) in [6.07, 6.45) is 2.81. The normalized spacial score (nSPS) is 19.6. The minimum Gasteiger partial charge on any atom is -0.444 e. The van der Waals surface area contributed by atoms with Crippen LogP contribution in [-0.2, 0) is 4.74 Å². The van der Waals surface area contributed by atoms with Crippen molar-refractivity contribution in [1.82, 2.24) is 9.88 Å². The maximum atomic E-state index is 13.2. The Morgan fingerprint density at radius 3 is 2.89 bits per heavy atom. The van der Waals surface area contributed by atoms with Crippen LogP contribution in [0.2, 0.25) is 0 Å². The highest BCUT2D eigenvalue weighted by Gasteiger charge is 2.33. The van der Waals surface area contributed by atoms with Gasteiger partial charge in [0.1, 0.15) is 5.60 Å². The van der Waals surface area contributed by atoms with E-state index in [0.717, 1.165) is 18.4 Å². The summed E-state index contributed by atoms with van der Waals surface area (Å²) < 4.78 is 18.6. The topological polar surface area (TPSA) is 42.4 Å².